The van der Waals surface area contributed by atoms with Crippen molar-refractivity contribution in [2.45, 2.75) is 13.0 Å². The number of hydrogen-bond donors (Lipinski definition) is 0. The number of benzene rings is 1. The van der Waals surface area contributed by atoms with E-state index in [1.807, 2.05) is 0 Å². The standard InChI is InChI=1S/C11H12NO2/c1-12-3-2-8-4-10-11(14-7-13-10)5-9(8)6-12/h4-5H,1-3,6-7H2. The van der Waals surface area contributed by atoms with E-state index in [0.717, 1.165) is 31.0 Å². The second kappa shape index (κ2) is 2.89. The summed E-state index contributed by atoms with van der Waals surface area (Å²) >= 11 is 0. The lowest BCUT2D eigenvalue weighted by atomic mass is 9.99. The number of rotatable bonds is 0. The average molecular weight is 190 g/mol. The molecule has 3 nitrogen and oxygen atoms in total. The van der Waals surface area contributed by atoms with E-state index in [9.17, 15) is 0 Å². The van der Waals surface area contributed by atoms with Crippen LogP contribution in [0.15, 0.2) is 12.1 Å². The van der Waals surface area contributed by atoms with Gasteiger partial charge < -0.3 is 9.47 Å². The van der Waals surface area contributed by atoms with E-state index in [2.05, 4.69) is 24.1 Å². The first-order chi connectivity index (χ1) is 6.83. The van der Waals surface area contributed by atoms with Crippen LogP contribution in [-0.4, -0.2) is 18.2 Å². The lowest BCUT2D eigenvalue weighted by Crippen LogP contribution is -2.24. The molecule has 3 rings (SSSR count). The van der Waals surface area contributed by atoms with Crippen molar-refractivity contribution in [2.75, 3.05) is 13.3 Å². The van der Waals surface area contributed by atoms with Gasteiger partial charge in [-0.1, -0.05) is 0 Å². The lowest BCUT2D eigenvalue weighted by Gasteiger charge is -2.24. The molecule has 0 fully saturated rings. The van der Waals surface area contributed by atoms with Gasteiger partial charge in [0.15, 0.2) is 11.5 Å². The molecule has 1 radical (unpaired) electrons. The zero-order valence-corrected chi connectivity index (χ0v) is 7.95. The van der Waals surface area contributed by atoms with Crippen LogP contribution in [0.1, 0.15) is 11.1 Å². The third-order valence-corrected chi connectivity index (χ3v) is 2.79. The van der Waals surface area contributed by atoms with Crippen molar-refractivity contribution in [3.8, 4) is 11.5 Å². The molecule has 3 heteroatoms. The van der Waals surface area contributed by atoms with Crippen LogP contribution >= 0.6 is 0 Å². The number of fused-ring (bicyclic) bond motifs is 2. The van der Waals surface area contributed by atoms with Gasteiger partial charge in [0.2, 0.25) is 6.79 Å². The maximum atomic E-state index is 5.34. The van der Waals surface area contributed by atoms with Gasteiger partial charge in [0, 0.05) is 20.1 Å². The van der Waals surface area contributed by atoms with Crippen LogP contribution in [-0.2, 0) is 13.0 Å². The van der Waals surface area contributed by atoms with E-state index in [1.165, 1.54) is 11.1 Å². The number of ether oxygens (including phenoxy) is 2. The largest absolute Gasteiger partial charge is 0.454 e. The molecule has 73 valence electrons. The monoisotopic (exact) mass is 190 g/mol. The Morgan fingerprint density at radius 2 is 1.86 bits per heavy atom. The van der Waals surface area contributed by atoms with E-state index in [4.69, 9.17) is 9.47 Å². The number of nitrogens with zero attached hydrogens (tertiary/aromatic N) is 1. The molecule has 0 bridgehead atoms. The number of hydrogen-bond acceptors (Lipinski definition) is 3. The fraction of sp³-hybridized carbons (Fsp3) is 0.364. The first-order valence-corrected chi connectivity index (χ1v) is 4.80. The quantitative estimate of drug-likeness (QED) is 0.619. The molecule has 0 unspecified atom stereocenters. The van der Waals surface area contributed by atoms with E-state index < -0.39 is 0 Å². The summed E-state index contributed by atoms with van der Waals surface area (Å²) in [5, 5.41) is 0. The predicted molar refractivity (Wildman–Crippen MR) is 52.0 cm³/mol. The summed E-state index contributed by atoms with van der Waals surface area (Å²) in [6, 6.07) is 4.18. The first kappa shape index (κ1) is 8.12. The topological polar surface area (TPSA) is 21.7 Å². The van der Waals surface area contributed by atoms with Crippen molar-refractivity contribution in [1.29, 1.82) is 0 Å². The summed E-state index contributed by atoms with van der Waals surface area (Å²) in [6.07, 6.45) is 1.05. The van der Waals surface area contributed by atoms with Gasteiger partial charge in [-0.05, 0) is 29.7 Å². The van der Waals surface area contributed by atoms with E-state index in [1.54, 1.807) is 0 Å². The van der Waals surface area contributed by atoms with E-state index in [0.29, 0.717) is 6.79 Å². The first-order valence-electron chi connectivity index (χ1n) is 4.80. The second-order valence-corrected chi connectivity index (χ2v) is 3.78. The molecule has 1 aromatic carbocycles. The molecule has 2 aliphatic rings. The maximum Gasteiger partial charge on any atom is 0.231 e. The van der Waals surface area contributed by atoms with E-state index in [-0.39, 0.29) is 0 Å². The summed E-state index contributed by atoms with van der Waals surface area (Å²) in [6.45, 7) is 2.28. The SMILES string of the molecule is [CH2]N1CCc2cc3c(cc2C1)OCO3. The van der Waals surface area contributed by atoms with Gasteiger partial charge in [0.25, 0.3) is 0 Å². The van der Waals surface area contributed by atoms with Crippen molar-refractivity contribution in [3.05, 3.63) is 30.3 Å². The third kappa shape index (κ3) is 1.16. The van der Waals surface area contributed by atoms with Crippen molar-refractivity contribution in [3.63, 3.8) is 0 Å². The average Bonchev–Trinajstić information content (AvgIpc) is 2.61. The molecule has 1 aromatic rings. The molecule has 0 N–H and O–H groups in total. The Hall–Kier alpha value is -1.22. The molecule has 0 atom stereocenters. The van der Waals surface area contributed by atoms with Crippen molar-refractivity contribution in [2.24, 2.45) is 0 Å². The fourth-order valence-electron chi connectivity index (χ4n) is 2.00. The van der Waals surface area contributed by atoms with Crippen LogP contribution in [0, 0.1) is 7.05 Å². The molecule has 0 spiro atoms. The maximum absolute atomic E-state index is 5.34. The summed E-state index contributed by atoms with van der Waals surface area (Å²) in [4.78, 5) is 2.07. The minimum absolute atomic E-state index is 0.353. The second-order valence-electron chi connectivity index (χ2n) is 3.78. The van der Waals surface area contributed by atoms with Crippen LogP contribution in [0.2, 0.25) is 0 Å². The minimum Gasteiger partial charge on any atom is -0.454 e. The summed E-state index contributed by atoms with van der Waals surface area (Å²) in [5.41, 5.74) is 2.68. The van der Waals surface area contributed by atoms with Gasteiger partial charge in [-0.25, -0.2) is 0 Å². The highest BCUT2D eigenvalue weighted by Crippen LogP contribution is 2.36. The molecule has 2 aliphatic heterocycles. The highest BCUT2D eigenvalue weighted by atomic mass is 16.7. The molecule has 2 heterocycles. The van der Waals surface area contributed by atoms with Gasteiger partial charge in [-0.3, -0.25) is 4.90 Å². The van der Waals surface area contributed by atoms with Crippen LogP contribution in [0.3, 0.4) is 0 Å². The van der Waals surface area contributed by atoms with Gasteiger partial charge in [-0.15, -0.1) is 0 Å². The highest BCUT2D eigenvalue weighted by molar-refractivity contribution is 5.49. The molecule has 0 amide bonds. The van der Waals surface area contributed by atoms with Gasteiger partial charge >= 0.3 is 0 Å². The Morgan fingerprint density at radius 1 is 1.14 bits per heavy atom. The summed E-state index contributed by atoms with van der Waals surface area (Å²) < 4.78 is 10.7. The summed E-state index contributed by atoms with van der Waals surface area (Å²) in [5.74, 6) is 1.76. The zero-order valence-electron chi connectivity index (χ0n) is 7.95. The molecule has 14 heavy (non-hydrogen) atoms. The Bertz CT molecular complexity index is 376. The smallest absolute Gasteiger partial charge is 0.231 e. The molecule has 0 saturated heterocycles. The molecular weight excluding hydrogens is 178 g/mol. The predicted octanol–water partition coefficient (Wildman–Crippen LogP) is 1.56. The van der Waals surface area contributed by atoms with Gasteiger partial charge in [-0.2, -0.15) is 0 Å². The minimum atomic E-state index is 0.353. The Morgan fingerprint density at radius 3 is 2.64 bits per heavy atom. The Balaban J connectivity index is 2.06. The Kier molecular flexibility index (Phi) is 1.67. The molecule has 0 aliphatic carbocycles. The van der Waals surface area contributed by atoms with Crippen LogP contribution in [0.25, 0.3) is 0 Å². The summed E-state index contributed by atoms with van der Waals surface area (Å²) in [7, 11) is 3.95. The van der Waals surface area contributed by atoms with Crippen molar-refractivity contribution >= 4 is 0 Å². The third-order valence-electron chi connectivity index (χ3n) is 2.79. The molecular formula is C11H12NO2. The van der Waals surface area contributed by atoms with Crippen LogP contribution < -0.4 is 9.47 Å². The van der Waals surface area contributed by atoms with Crippen molar-refractivity contribution in [1.82, 2.24) is 4.90 Å². The van der Waals surface area contributed by atoms with Crippen molar-refractivity contribution < 1.29 is 9.47 Å². The van der Waals surface area contributed by atoms with E-state index >= 15 is 0 Å². The zero-order chi connectivity index (χ0) is 9.54. The molecule has 0 aromatic heterocycles. The lowest BCUT2D eigenvalue weighted by molar-refractivity contribution is 0.174. The van der Waals surface area contributed by atoms with Gasteiger partial charge in [0.1, 0.15) is 0 Å². The Labute approximate surface area is 83.2 Å². The normalized spacial score (nSPS) is 19.5. The fourth-order valence-corrected chi connectivity index (χ4v) is 2.00. The highest BCUT2D eigenvalue weighted by Gasteiger charge is 2.20. The molecule has 0 saturated carbocycles. The van der Waals surface area contributed by atoms with Gasteiger partial charge in [0.05, 0.1) is 0 Å². The van der Waals surface area contributed by atoms with Crippen LogP contribution in [0.5, 0.6) is 11.5 Å². The van der Waals surface area contributed by atoms with Crippen LogP contribution in [0.4, 0.5) is 0 Å².